The summed E-state index contributed by atoms with van der Waals surface area (Å²) < 4.78 is 11.2. The topological polar surface area (TPSA) is 30.8 Å². The van der Waals surface area contributed by atoms with E-state index < -0.39 is 0 Å². The molecule has 0 saturated heterocycles. The smallest absolute Gasteiger partial charge is 0.179 e. The summed E-state index contributed by atoms with van der Waals surface area (Å²) in [6, 6.07) is 9.28. The Morgan fingerprint density at radius 3 is 2.48 bits per heavy atom. The molecule has 23 heavy (non-hydrogen) atoms. The second kappa shape index (κ2) is 8.23. The second-order valence-electron chi connectivity index (χ2n) is 4.89. The Bertz CT molecular complexity index is 714. The van der Waals surface area contributed by atoms with Crippen LogP contribution in [0.4, 0.5) is 5.69 Å². The molecule has 5 heteroatoms. The highest BCUT2D eigenvalue weighted by Gasteiger charge is 2.11. The van der Waals surface area contributed by atoms with E-state index in [1.165, 1.54) is 0 Å². The zero-order chi connectivity index (χ0) is 16.8. The van der Waals surface area contributed by atoms with Gasteiger partial charge in [0, 0.05) is 11.2 Å². The Morgan fingerprint density at radius 1 is 1.04 bits per heavy atom. The minimum atomic E-state index is 0.502. The monoisotopic (exact) mass is 351 g/mol. The molecule has 0 aliphatic heterocycles. The van der Waals surface area contributed by atoms with E-state index in [9.17, 15) is 0 Å². The van der Waals surface area contributed by atoms with E-state index >= 15 is 0 Å². The van der Waals surface area contributed by atoms with Gasteiger partial charge in [0.15, 0.2) is 11.5 Å². The highest BCUT2D eigenvalue weighted by molar-refractivity contribution is 6.32. The summed E-state index contributed by atoms with van der Waals surface area (Å²) >= 11 is 12.3. The van der Waals surface area contributed by atoms with Crippen LogP contribution >= 0.6 is 23.2 Å². The average Bonchev–Trinajstić information content (AvgIpc) is 2.52. The Balaban J connectivity index is 2.36. The van der Waals surface area contributed by atoms with E-state index in [1.807, 2.05) is 45.0 Å². The van der Waals surface area contributed by atoms with Gasteiger partial charge in [-0.2, -0.15) is 0 Å². The first-order chi connectivity index (χ1) is 11.0. The Hall–Kier alpha value is -1.71. The Kier molecular flexibility index (Phi) is 6.31. The molecule has 3 nitrogen and oxygen atoms in total. The van der Waals surface area contributed by atoms with Crippen LogP contribution in [-0.2, 0) is 0 Å². The number of hydrogen-bond acceptors (Lipinski definition) is 3. The number of rotatable bonds is 6. The minimum absolute atomic E-state index is 0.502. The van der Waals surface area contributed by atoms with Gasteiger partial charge in [-0.25, -0.2) is 0 Å². The van der Waals surface area contributed by atoms with Crippen molar-refractivity contribution in [1.29, 1.82) is 0 Å². The highest BCUT2D eigenvalue weighted by atomic mass is 35.5. The molecular formula is C18H19Cl2NO2. The third-order valence-corrected chi connectivity index (χ3v) is 3.66. The molecular weight excluding hydrogens is 333 g/mol. The fraction of sp³-hybridized carbons (Fsp3) is 0.278. The number of benzene rings is 2. The summed E-state index contributed by atoms with van der Waals surface area (Å²) in [6.07, 6.45) is 1.74. The van der Waals surface area contributed by atoms with E-state index in [4.69, 9.17) is 32.7 Å². The number of aliphatic imine (C=N–C) groups is 1. The van der Waals surface area contributed by atoms with Gasteiger partial charge in [-0.05, 0) is 56.2 Å². The number of ether oxygens (including phenoxy) is 2. The van der Waals surface area contributed by atoms with Crippen LogP contribution in [0.15, 0.2) is 35.3 Å². The maximum atomic E-state index is 6.30. The number of halogens is 2. The lowest BCUT2D eigenvalue weighted by Gasteiger charge is -2.13. The van der Waals surface area contributed by atoms with Crippen molar-refractivity contribution in [2.75, 3.05) is 13.2 Å². The SMILES string of the molecule is CCOc1cc(C=Nc2cc(Cl)ccc2C)cc(Cl)c1OCC. The molecule has 0 fully saturated rings. The standard InChI is InChI=1S/C18H19Cl2NO2/c1-4-22-17-9-13(8-15(20)18(17)23-5-2)11-21-16-10-14(19)7-6-12(16)3/h6-11H,4-5H2,1-3H3. The number of hydrogen-bond donors (Lipinski definition) is 0. The number of aryl methyl sites for hydroxylation is 1. The molecule has 0 spiro atoms. The van der Waals surface area contributed by atoms with E-state index in [2.05, 4.69) is 4.99 Å². The Morgan fingerprint density at radius 2 is 1.78 bits per heavy atom. The molecule has 0 amide bonds. The van der Waals surface area contributed by atoms with Gasteiger partial charge in [0.05, 0.1) is 23.9 Å². The summed E-state index contributed by atoms with van der Waals surface area (Å²) in [7, 11) is 0. The van der Waals surface area contributed by atoms with Crippen LogP contribution < -0.4 is 9.47 Å². The maximum Gasteiger partial charge on any atom is 0.179 e. The van der Waals surface area contributed by atoms with Gasteiger partial charge in [0.2, 0.25) is 0 Å². The van der Waals surface area contributed by atoms with Crippen LogP contribution in [0.2, 0.25) is 10.0 Å². The van der Waals surface area contributed by atoms with Crippen molar-refractivity contribution in [3.8, 4) is 11.5 Å². The molecule has 0 saturated carbocycles. The molecule has 0 aliphatic carbocycles. The first kappa shape index (κ1) is 17.6. The van der Waals surface area contributed by atoms with Crippen molar-refractivity contribution in [3.63, 3.8) is 0 Å². The van der Waals surface area contributed by atoms with Crippen molar-refractivity contribution in [2.45, 2.75) is 20.8 Å². The van der Waals surface area contributed by atoms with Crippen molar-refractivity contribution < 1.29 is 9.47 Å². The average molecular weight is 352 g/mol. The van der Waals surface area contributed by atoms with Crippen LogP contribution in [-0.4, -0.2) is 19.4 Å². The summed E-state index contributed by atoms with van der Waals surface area (Å²) in [5.74, 6) is 1.18. The van der Waals surface area contributed by atoms with Gasteiger partial charge >= 0.3 is 0 Å². The van der Waals surface area contributed by atoms with Crippen molar-refractivity contribution in [1.82, 2.24) is 0 Å². The van der Waals surface area contributed by atoms with Crippen LogP contribution in [0.5, 0.6) is 11.5 Å². The molecule has 0 atom stereocenters. The predicted molar refractivity (Wildman–Crippen MR) is 97.2 cm³/mol. The Labute approximate surface area is 146 Å². The van der Waals surface area contributed by atoms with Gasteiger partial charge in [0.1, 0.15) is 0 Å². The molecule has 2 aromatic carbocycles. The van der Waals surface area contributed by atoms with Crippen LogP contribution in [0.3, 0.4) is 0 Å². The largest absolute Gasteiger partial charge is 0.490 e. The van der Waals surface area contributed by atoms with Crippen LogP contribution in [0, 0.1) is 6.92 Å². The lowest BCUT2D eigenvalue weighted by Crippen LogP contribution is -2.00. The van der Waals surface area contributed by atoms with Crippen molar-refractivity contribution >= 4 is 35.1 Å². The van der Waals surface area contributed by atoms with Crippen molar-refractivity contribution in [2.24, 2.45) is 4.99 Å². The molecule has 0 bridgehead atoms. The van der Waals surface area contributed by atoms with Crippen LogP contribution in [0.1, 0.15) is 25.0 Å². The van der Waals surface area contributed by atoms with E-state index in [0.717, 1.165) is 16.8 Å². The fourth-order valence-corrected chi connectivity index (χ4v) is 2.52. The second-order valence-corrected chi connectivity index (χ2v) is 5.73. The minimum Gasteiger partial charge on any atom is -0.490 e. The number of nitrogens with zero attached hydrogens (tertiary/aromatic N) is 1. The molecule has 0 aromatic heterocycles. The molecule has 0 heterocycles. The highest BCUT2D eigenvalue weighted by Crippen LogP contribution is 2.36. The van der Waals surface area contributed by atoms with Crippen LogP contribution in [0.25, 0.3) is 0 Å². The quantitative estimate of drug-likeness (QED) is 0.611. The van der Waals surface area contributed by atoms with E-state index in [0.29, 0.717) is 34.8 Å². The fourth-order valence-electron chi connectivity index (χ4n) is 2.08. The first-order valence-electron chi connectivity index (χ1n) is 7.44. The first-order valence-corrected chi connectivity index (χ1v) is 8.20. The maximum absolute atomic E-state index is 6.30. The summed E-state index contributed by atoms with van der Waals surface area (Å²) in [6.45, 7) is 6.86. The molecule has 0 aliphatic rings. The summed E-state index contributed by atoms with van der Waals surface area (Å²) in [5.41, 5.74) is 2.70. The van der Waals surface area contributed by atoms with E-state index in [-0.39, 0.29) is 0 Å². The molecule has 2 aromatic rings. The predicted octanol–water partition coefficient (Wildman–Crippen LogP) is 5.85. The van der Waals surface area contributed by atoms with Gasteiger partial charge in [-0.15, -0.1) is 0 Å². The zero-order valence-corrected chi connectivity index (χ0v) is 14.9. The molecule has 122 valence electrons. The van der Waals surface area contributed by atoms with Gasteiger partial charge in [0.25, 0.3) is 0 Å². The van der Waals surface area contributed by atoms with Gasteiger partial charge in [-0.1, -0.05) is 29.3 Å². The zero-order valence-electron chi connectivity index (χ0n) is 13.4. The lowest BCUT2D eigenvalue weighted by molar-refractivity contribution is 0.288. The molecule has 0 N–H and O–H groups in total. The molecule has 0 unspecified atom stereocenters. The third-order valence-electron chi connectivity index (χ3n) is 3.14. The molecule has 0 radical (unpaired) electrons. The van der Waals surface area contributed by atoms with Crippen molar-refractivity contribution in [3.05, 3.63) is 51.5 Å². The molecule has 2 rings (SSSR count). The summed E-state index contributed by atoms with van der Waals surface area (Å²) in [5, 5.41) is 1.16. The van der Waals surface area contributed by atoms with Gasteiger partial charge < -0.3 is 9.47 Å². The third kappa shape index (κ3) is 4.63. The normalized spacial score (nSPS) is 11.0. The lowest BCUT2D eigenvalue weighted by atomic mass is 10.2. The van der Waals surface area contributed by atoms with E-state index in [1.54, 1.807) is 12.3 Å². The summed E-state index contributed by atoms with van der Waals surface area (Å²) in [4.78, 5) is 4.49. The van der Waals surface area contributed by atoms with Gasteiger partial charge in [-0.3, -0.25) is 4.99 Å².